The Hall–Kier alpha value is -3.16. The molecule has 8 heteroatoms. The minimum absolute atomic E-state index is 0.0170. The third kappa shape index (κ3) is 4.01. The molecule has 4 rings (SSSR count). The Balaban J connectivity index is 1.54. The quantitative estimate of drug-likeness (QED) is 0.669. The van der Waals surface area contributed by atoms with Gasteiger partial charge < -0.3 is 4.90 Å². The number of aromatic nitrogens is 3. The molecule has 2 heterocycles. The molecule has 1 amide bonds. The number of fused-ring (bicyclic) bond motifs is 1. The highest BCUT2D eigenvalue weighted by Crippen LogP contribution is 2.42. The van der Waals surface area contributed by atoms with Gasteiger partial charge in [0.15, 0.2) is 11.7 Å². The fourth-order valence-electron chi connectivity index (χ4n) is 3.68. The lowest BCUT2D eigenvalue weighted by Crippen LogP contribution is -2.46. The van der Waals surface area contributed by atoms with Crippen LogP contribution in [0.15, 0.2) is 60.8 Å². The summed E-state index contributed by atoms with van der Waals surface area (Å²) in [4.78, 5) is 13.7. The van der Waals surface area contributed by atoms with E-state index in [9.17, 15) is 18.0 Å². The highest BCUT2D eigenvalue weighted by atomic mass is 19.4. The van der Waals surface area contributed by atoms with Crippen LogP contribution < -0.4 is 0 Å². The van der Waals surface area contributed by atoms with Crippen LogP contribution in [0.25, 0.3) is 0 Å². The van der Waals surface area contributed by atoms with Gasteiger partial charge in [-0.15, -0.1) is 5.10 Å². The molecule has 0 fully saturated rings. The van der Waals surface area contributed by atoms with Gasteiger partial charge in [-0.1, -0.05) is 59.8 Å². The predicted molar refractivity (Wildman–Crippen MR) is 100 cm³/mol. The molecule has 1 aliphatic rings. The van der Waals surface area contributed by atoms with Crippen molar-refractivity contribution in [1.82, 2.24) is 19.9 Å². The lowest BCUT2D eigenvalue weighted by Gasteiger charge is -2.37. The smallest absolute Gasteiger partial charge is 0.321 e. The zero-order valence-corrected chi connectivity index (χ0v) is 15.5. The predicted octanol–water partition coefficient (Wildman–Crippen LogP) is 3.82. The number of carbonyl (C=O) groups is 1. The Kier molecular flexibility index (Phi) is 5.08. The van der Waals surface area contributed by atoms with E-state index in [-0.39, 0.29) is 17.8 Å². The Labute approximate surface area is 165 Å². The Bertz CT molecular complexity index is 1000. The number of rotatable bonds is 4. The molecule has 2 aromatic carbocycles. The van der Waals surface area contributed by atoms with E-state index in [1.807, 2.05) is 30.3 Å². The molecule has 0 bridgehead atoms. The molecule has 3 aromatic rings. The van der Waals surface area contributed by atoms with Crippen LogP contribution in [0.4, 0.5) is 13.2 Å². The summed E-state index contributed by atoms with van der Waals surface area (Å²) < 4.78 is 43.0. The molecule has 0 saturated carbocycles. The summed E-state index contributed by atoms with van der Waals surface area (Å²) in [5, 5.41) is 7.75. The average molecular weight is 400 g/mol. The third-order valence-electron chi connectivity index (χ3n) is 5.08. The molecule has 1 unspecified atom stereocenters. The first-order valence-electron chi connectivity index (χ1n) is 9.33. The molecule has 1 atom stereocenters. The number of benzene rings is 2. The van der Waals surface area contributed by atoms with Crippen molar-refractivity contribution in [3.05, 3.63) is 83.2 Å². The summed E-state index contributed by atoms with van der Waals surface area (Å²) in [6.07, 6.45) is -2.11. The van der Waals surface area contributed by atoms with Crippen LogP contribution in [0.5, 0.6) is 0 Å². The number of hydrogen-bond acceptors (Lipinski definition) is 3. The van der Waals surface area contributed by atoms with E-state index in [0.717, 1.165) is 10.5 Å². The lowest BCUT2D eigenvalue weighted by atomic mass is 9.92. The van der Waals surface area contributed by atoms with E-state index >= 15 is 0 Å². The maximum Gasteiger partial charge on any atom is 0.413 e. The molecule has 150 valence electrons. The van der Waals surface area contributed by atoms with Gasteiger partial charge >= 0.3 is 6.18 Å². The number of halogens is 3. The minimum Gasteiger partial charge on any atom is -0.321 e. The van der Waals surface area contributed by atoms with Crippen LogP contribution in [0, 0.1) is 0 Å². The number of nitrogens with zero attached hydrogens (tertiary/aromatic N) is 4. The number of amides is 1. The topological polar surface area (TPSA) is 51.0 Å². The lowest BCUT2D eigenvalue weighted by molar-refractivity contribution is -0.181. The molecule has 5 nitrogen and oxygen atoms in total. The molecule has 1 aliphatic heterocycles. The second-order valence-corrected chi connectivity index (χ2v) is 6.99. The van der Waals surface area contributed by atoms with Crippen LogP contribution in [0.1, 0.15) is 33.2 Å². The molecule has 0 saturated heterocycles. The molecule has 1 aromatic heterocycles. The molecular formula is C21H19F3N4O. The maximum absolute atomic E-state index is 13.8. The summed E-state index contributed by atoms with van der Waals surface area (Å²) in [5.41, 5.74) is 1.76. The van der Waals surface area contributed by atoms with E-state index in [1.54, 1.807) is 18.2 Å². The first-order chi connectivity index (χ1) is 13.9. The van der Waals surface area contributed by atoms with E-state index < -0.39 is 18.1 Å². The fraction of sp³-hybridized carbons (Fsp3) is 0.286. The van der Waals surface area contributed by atoms with Crippen molar-refractivity contribution in [3.8, 4) is 0 Å². The average Bonchev–Trinajstić information content (AvgIpc) is 3.20. The van der Waals surface area contributed by atoms with E-state index in [1.165, 1.54) is 16.9 Å². The highest BCUT2D eigenvalue weighted by molar-refractivity contribution is 5.92. The van der Waals surface area contributed by atoms with Crippen molar-refractivity contribution in [2.75, 3.05) is 6.54 Å². The SMILES string of the molecule is O=C(c1cn(CCc2ccccc2)nn1)N1CCc2ccccc2C1C(F)(F)F. The number of hydrogen-bond donors (Lipinski definition) is 0. The summed E-state index contributed by atoms with van der Waals surface area (Å²) >= 11 is 0. The minimum atomic E-state index is -4.57. The van der Waals surface area contributed by atoms with Gasteiger partial charge in [-0.3, -0.25) is 9.48 Å². The van der Waals surface area contributed by atoms with Crippen LogP contribution in [-0.4, -0.2) is 38.5 Å². The molecule has 0 spiro atoms. The maximum atomic E-state index is 13.8. The zero-order chi connectivity index (χ0) is 20.4. The van der Waals surface area contributed by atoms with Gasteiger partial charge in [-0.2, -0.15) is 13.2 Å². The first kappa shape index (κ1) is 19.2. The normalized spacial score (nSPS) is 16.5. The largest absolute Gasteiger partial charge is 0.413 e. The van der Waals surface area contributed by atoms with Crippen LogP contribution >= 0.6 is 0 Å². The summed E-state index contributed by atoms with van der Waals surface area (Å²) in [5.74, 6) is -0.757. The van der Waals surface area contributed by atoms with E-state index in [4.69, 9.17) is 0 Å². The number of alkyl halides is 3. The van der Waals surface area contributed by atoms with Crippen molar-refractivity contribution < 1.29 is 18.0 Å². The second kappa shape index (κ2) is 7.69. The molecular weight excluding hydrogens is 381 g/mol. The molecule has 29 heavy (non-hydrogen) atoms. The molecule has 0 aliphatic carbocycles. The van der Waals surface area contributed by atoms with Gasteiger partial charge in [-0.05, 0) is 29.5 Å². The van der Waals surface area contributed by atoms with Gasteiger partial charge in [0.1, 0.15) is 0 Å². The van der Waals surface area contributed by atoms with Crippen molar-refractivity contribution in [2.24, 2.45) is 0 Å². The van der Waals surface area contributed by atoms with E-state index in [2.05, 4.69) is 10.3 Å². The van der Waals surface area contributed by atoms with Crippen molar-refractivity contribution >= 4 is 5.91 Å². The number of carbonyl (C=O) groups excluding carboxylic acids is 1. The monoisotopic (exact) mass is 400 g/mol. The Morgan fingerprint density at radius 1 is 1.07 bits per heavy atom. The van der Waals surface area contributed by atoms with Gasteiger partial charge in [0.2, 0.25) is 0 Å². The number of aryl methyl sites for hydroxylation is 2. The van der Waals surface area contributed by atoms with Gasteiger partial charge in [-0.25, -0.2) is 0 Å². The summed E-state index contributed by atoms with van der Waals surface area (Å²) in [6, 6.07) is 14.1. The van der Waals surface area contributed by atoms with Gasteiger partial charge in [0.25, 0.3) is 5.91 Å². The van der Waals surface area contributed by atoms with Crippen LogP contribution in [-0.2, 0) is 19.4 Å². The van der Waals surface area contributed by atoms with Gasteiger partial charge in [0, 0.05) is 13.1 Å². The van der Waals surface area contributed by atoms with Crippen molar-refractivity contribution in [3.63, 3.8) is 0 Å². The summed E-state index contributed by atoms with van der Waals surface area (Å²) in [6.45, 7) is 0.465. The first-order valence-corrected chi connectivity index (χ1v) is 9.33. The highest BCUT2D eigenvalue weighted by Gasteiger charge is 2.49. The standard InChI is InChI=1S/C21H19F3N4O/c22-21(23,24)19-17-9-5-4-8-16(17)11-13-28(19)20(29)18-14-27(26-25-18)12-10-15-6-2-1-3-7-15/h1-9,14,19H,10-13H2. The van der Waals surface area contributed by atoms with Crippen LogP contribution in [0.2, 0.25) is 0 Å². The summed E-state index contributed by atoms with van der Waals surface area (Å²) in [7, 11) is 0. The Morgan fingerprint density at radius 3 is 2.55 bits per heavy atom. The third-order valence-corrected chi connectivity index (χ3v) is 5.08. The van der Waals surface area contributed by atoms with Gasteiger partial charge in [0.05, 0.1) is 6.20 Å². The fourth-order valence-corrected chi connectivity index (χ4v) is 3.68. The second-order valence-electron chi connectivity index (χ2n) is 6.99. The molecule has 0 radical (unpaired) electrons. The van der Waals surface area contributed by atoms with E-state index in [0.29, 0.717) is 24.9 Å². The zero-order valence-electron chi connectivity index (χ0n) is 15.5. The Morgan fingerprint density at radius 2 is 1.79 bits per heavy atom. The van der Waals surface area contributed by atoms with Crippen molar-refractivity contribution in [1.29, 1.82) is 0 Å². The van der Waals surface area contributed by atoms with Crippen LogP contribution in [0.3, 0.4) is 0 Å². The van der Waals surface area contributed by atoms with Crippen molar-refractivity contribution in [2.45, 2.75) is 31.6 Å². The molecule has 0 N–H and O–H groups in total.